The van der Waals surface area contributed by atoms with Gasteiger partial charge in [-0.15, -0.1) is 0 Å². The van der Waals surface area contributed by atoms with Crippen molar-refractivity contribution in [3.63, 3.8) is 0 Å². The van der Waals surface area contributed by atoms with E-state index in [9.17, 15) is 4.39 Å². The summed E-state index contributed by atoms with van der Waals surface area (Å²) in [6.07, 6.45) is 1.86. The fourth-order valence-corrected chi connectivity index (χ4v) is 2.84. The monoisotopic (exact) mass is 300 g/mol. The molecule has 0 aliphatic carbocycles. The molecule has 0 aromatic heterocycles. The van der Waals surface area contributed by atoms with Crippen LogP contribution in [0.25, 0.3) is 0 Å². The minimum Gasteiger partial charge on any atom is -0.492 e. The van der Waals surface area contributed by atoms with Crippen LogP contribution in [-0.2, 0) is 6.42 Å². The highest BCUT2D eigenvalue weighted by molar-refractivity contribution is 6.32. The van der Waals surface area contributed by atoms with E-state index in [1.165, 1.54) is 13.2 Å². The van der Waals surface area contributed by atoms with E-state index < -0.39 is 0 Å². The molecule has 0 saturated carbocycles. The zero-order valence-electron chi connectivity index (χ0n) is 12.2. The number of benzene rings is 1. The van der Waals surface area contributed by atoms with Crippen LogP contribution in [0.5, 0.6) is 5.75 Å². The van der Waals surface area contributed by atoms with E-state index in [2.05, 4.69) is 16.8 Å². The van der Waals surface area contributed by atoms with Gasteiger partial charge in [-0.05, 0) is 44.1 Å². The number of rotatable bonds is 5. The number of methoxy groups -OCH3 is 1. The Bertz CT molecular complexity index is 424. The van der Waals surface area contributed by atoms with E-state index in [0.717, 1.165) is 51.1 Å². The highest BCUT2D eigenvalue weighted by Crippen LogP contribution is 2.29. The molecule has 1 fully saturated rings. The van der Waals surface area contributed by atoms with Crippen molar-refractivity contribution in [2.45, 2.75) is 12.8 Å². The fraction of sp³-hybridized carbons (Fsp3) is 0.600. The Morgan fingerprint density at radius 2 is 1.95 bits per heavy atom. The standard InChI is InChI=1S/C15H22ClFN2O/c1-18-6-8-19(9-7-18)5-3-4-12-10-13(16)15(20-2)14(17)11-12/h10-11H,3-9H2,1-2H3. The van der Waals surface area contributed by atoms with Gasteiger partial charge >= 0.3 is 0 Å². The van der Waals surface area contributed by atoms with Gasteiger partial charge in [-0.25, -0.2) is 4.39 Å². The summed E-state index contributed by atoms with van der Waals surface area (Å²) in [6, 6.07) is 3.32. The number of aryl methyl sites for hydroxylation is 1. The van der Waals surface area contributed by atoms with Crippen molar-refractivity contribution >= 4 is 11.6 Å². The van der Waals surface area contributed by atoms with Crippen molar-refractivity contribution in [1.82, 2.24) is 9.80 Å². The van der Waals surface area contributed by atoms with E-state index in [0.29, 0.717) is 5.02 Å². The molecule has 2 rings (SSSR count). The molecule has 1 aromatic rings. The second-order valence-corrected chi connectivity index (χ2v) is 5.75. The lowest BCUT2D eigenvalue weighted by atomic mass is 10.1. The molecule has 112 valence electrons. The van der Waals surface area contributed by atoms with E-state index in [4.69, 9.17) is 16.3 Å². The van der Waals surface area contributed by atoms with Gasteiger partial charge in [0.05, 0.1) is 12.1 Å². The molecule has 20 heavy (non-hydrogen) atoms. The first-order chi connectivity index (χ1) is 9.60. The maximum Gasteiger partial charge on any atom is 0.173 e. The molecule has 1 heterocycles. The largest absolute Gasteiger partial charge is 0.492 e. The molecule has 1 aliphatic heterocycles. The molecule has 1 saturated heterocycles. The van der Waals surface area contributed by atoms with Gasteiger partial charge in [-0.1, -0.05) is 11.6 Å². The van der Waals surface area contributed by atoms with Crippen LogP contribution in [0.3, 0.4) is 0 Å². The number of piperazine rings is 1. The Morgan fingerprint density at radius 3 is 2.55 bits per heavy atom. The van der Waals surface area contributed by atoms with Gasteiger partial charge in [0.2, 0.25) is 0 Å². The lowest BCUT2D eigenvalue weighted by Gasteiger charge is -2.32. The minimum atomic E-state index is -0.380. The Kier molecular flexibility index (Phi) is 5.64. The Balaban J connectivity index is 1.82. The van der Waals surface area contributed by atoms with E-state index >= 15 is 0 Å². The summed E-state index contributed by atoms with van der Waals surface area (Å²) in [5, 5.41) is 0.349. The predicted molar refractivity (Wildman–Crippen MR) is 80.2 cm³/mol. The van der Waals surface area contributed by atoms with Crippen LogP contribution in [0, 0.1) is 5.82 Å². The molecule has 0 N–H and O–H groups in total. The van der Waals surface area contributed by atoms with Gasteiger partial charge in [0.1, 0.15) is 0 Å². The third kappa shape index (κ3) is 4.08. The summed E-state index contributed by atoms with van der Waals surface area (Å²) in [6.45, 7) is 5.55. The first-order valence-electron chi connectivity index (χ1n) is 7.03. The molecule has 1 aliphatic rings. The zero-order valence-corrected chi connectivity index (χ0v) is 12.9. The summed E-state index contributed by atoms with van der Waals surface area (Å²) in [4.78, 5) is 4.80. The molecule has 0 unspecified atom stereocenters. The van der Waals surface area contributed by atoms with Crippen LogP contribution >= 0.6 is 11.6 Å². The normalized spacial score (nSPS) is 17.4. The minimum absolute atomic E-state index is 0.134. The number of nitrogens with zero attached hydrogens (tertiary/aromatic N) is 2. The van der Waals surface area contributed by atoms with Gasteiger partial charge in [-0.2, -0.15) is 0 Å². The maximum atomic E-state index is 13.7. The number of hydrogen-bond acceptors (Lipinski definition) is 3. The average molecular weight is 301 g/mol. The SMILES string of the molecule is COc1c(F)cc(CCCN2CCN(C)CC2)cc1Cl. The Morgan fingerprint density at radius 1 is 1.25 bits per heavy atom. The summed E-state index contributed by atoms with van der Waals surface area (Å²) < 4.78 is 18.6. The smallest absolute Gasteiger partial charge is 0.173 e. The van der Waals surface area contributed by atoms with Crippen LogP contribution < -0.4 is 4.74 Å². The van der Waals surface area contributed by atoms with E-state index in [1.54, 1.807) is 6.07 Å². The van der Waals surface area contributed by atoms with Crippen LogP contribution in [0.4, 0.5) is 4.39 Å². The van der Waals surface area contributed by atoms with Crippen molar-refractivity contribution in [3.8, 4) is 5.75 Å². The highest BCUT2D eigenvalue weighted by Gasteiger charge is 2.14. The van der Waals surface area contributed by atoms with Crippen LogP contribution in [0.2, 0.25) is 5.02 Å². The second kappa shape index (κ2) is 7.25. The van der Waals surface area contributed by atoms with Crippen LogP contribution in [-0.4, -0.2) is 56.7 Å². The first kappa shape index (κ1) is 15.5. The van der Waals surface area contributed by atoms with Gasteiger partial charge in [0, 0.05) is 26.2 Å². The topological polar surface area (TPSA) is 15.7 Å². The molecule has 1 aromatic carbocycles. The van der Waals surface area contributed by atoms with Crippen molar-refractivity contribution in [3.05, 3.63) is 28.5 Å². The van der Waals surface area contributed by atoms with Gasteiger partial charge in [0.15, 0.2) is 11.6 Å². The van der Waals surface area contributed by atoms with E-state index in [1.807, 2.05) is 0 Å². The molecular formula is C15H22ClFN2O. The van der Waals surface area contributed by atoms with Crippen molar-refractivity contribution in [2.24, 2.45) is 0 Å². The van der Waals surface area contributed by atoms with Crippen molar-refractivity contribution < 1.29 is 9.13 Å². The molecular weight excluding hydrogens is 279 g/mol. The van der Waals surface area contributed by atoms with E-state index in [-0.39, 0.29) is 11.6 Å². The summed E-state index contributed by atoms with van der Waals surface area (Å²) in [5.41, 5.74) is 0.933. The third-order valence-corrected chi connectivity index (χ3v) is 4.08. The Hall–Kier alpha value is -0.840. The second-order valence-electron chi connectivity index (χ2n) is 5.34. The summed E-state index contributed by atoms with van der Waals surface area (Å²) in [7, 11) is 3.58. The van der Waals surface area contributed by atoms with Gasteiger partial charge in [-0.3, -0.25) is 0 Å². The zero-order chi connectivity index (χ0) is 14.5. The van der Waals surface area contributed by atoms with Gasteiger partial charge in [0.25, 0.3) is 0 Å². The molecule has 0 radical (unpaired) electrons. The number of likely N-dealkylation sites (N-methyl/N-ethyl adjacent to an activating group) is 1. The van der Waals surface area contributed by atoms with Crippen molar-refractivity contribution in [2.75, 3.05) is 46.9 Å². The lowest BCUT2D eigenvalue weighted by molar-refractivity contribution is 0.153. The number of ether oxygens (including phenoxy) is 1. The highest BCUT2D eigenvalue weighted by atomic mass is 35.5. The molecule has 3 nitrogen and oxygen atoms in total. The molecule has 5 heteroatoms. The van der Waals surface area contributed by atoms with Gasteiger partial charge < -0.3 is 14.5 Å². The Labute approximate surface area is 125 Å². The quantitative estimate of drug-likeness (QED) is 0.831. The van der Waals surface area contributed by atoms with Crippen molar-refractivity contribution in [1.29, 1.82) is 0 Å². The number of hydrogen-bond donors (Lipinski definition) is 0. The molecule has 0 spiro atoms. The predicted octanol–water partition coefficient (Wildman–Crippen LogP) is 2.67. The van der Waals surface area contributed by atoms with Crippen LogP contribution in [0.15, 0.2) is 12.1 Å². The first-order valence-corrected chi connectivity index (χ1v) is 7.40. The van der Waals surface area contributed by atoms with Crippen LogP contribution in [0.1, 0.15) is 12.0 Å². The average Bonchev–Trinajstić information content (AvgIpc) is 2.41. The molecule has 0 atom stereocenters. The molecule has 0 bridgehead atoms. The summed E-state index contributed by atoms with van der Waals surface area (Å²) >= 11 is 6.00. The number of halogens is 2. The summed E-state index contributed by atoms with van der Waals surface area (Å²) in [5.74, 6) is -0.246. The maximum absolute atomic E-state index is 13.7. The third-order valence-electron chi connectivity index (χ3n) is 3.80. The molecule has 0 amide bonds. The fourth-order valence-electron chi connectivity index (χ4n) is 2.53. The lowest BCUT2D eigenvalue weighted by Crippen LogP contribution is -2.44.